The van der Waals surface area contributed by atoms with Crippen molar-refractivity contribution in [3.8, 4) is 0 Å². The maximum atomic E-state index is 10.4. The molecule has 0 spiro atoms. The molecule has 42 valence electrons. The molecule has 1 aromatic rings. The number of aromatic nitrogens is 2. The van der Waals surface area contributed by atoms with Gasteiger partial charge in [0.1, 0.15) is 6.54 Å². The third-order valence-corrected chi connectivity index (χ3v) is 1.07. The molecule has 8 heavy (non-hydrogen) atoms. The Hall–Kier alpha value is -1.26. The Labute approximate surface area is 43.0 Å². The maximum absolute atomic E-state index is 10.4. The van der Waals surface area contributed by atoms with E-state index in [2.05, 4.69) is 4.63 Å². The Morgan fingerprint density at radius 3 is 2.38 bits per heavy atom. The average molecular weight is 114 g/mol. The van der Waals surface area contributed by atoms with Crippen molar-refractivity contribution >= 4 is 5.91 Å². The number of hydrogen-bond acceptors (Lipinski definition) is 3. The fourth-order valence-electron chi connectivity index (χ4n) is 0.673. The highest BCUT2D eigenvalue weighted by atomic mass is 16.7. The molecule has 5 heteroatoms. The van der Waals surface area contributed by atoms with E-state index in [0.29, 0.717) is 0 Å². The van der Waals surface area contributed by atoms with Gasteiger partial charge in [0.25, 0.3) is 5.91 Å². The van der Waals surface area contributed by atoms with E-state index in [1.165, 1.54) is 0 Å². The van der Waals surface area contributed by atoms with Gasteiger partial charge in [-0.2, -0.15) is 0 Å². The Balaban J connectivity index is 2.80. The molecule has 2 aliphatic rings. The van der Waals surface area contributed by atoms with Crippen LogP contribution in [0.3, 0.4) is 0 Å². The second-order valence-electron chi connectivity index (χ2n) is 1.59. The van der Waals surface area contributed by atoms with Gasteiger partial charge in [0.05, 0.1) is 0 Å². The highest BCUT2D eigenvalue weighted by Crippen LogP contribution is 1.96. The molecule has 0 radical (unpaired) electrons. The zero-order valence-electron chi connectivity index (χ0n) is 3.83. The molecular formula is C3H2N2O3. The van der Waals surface area contributed by atoms with Gasteiger partial charge < -0.3 is 0 Å². The SMILES string of the molecule is O=C1Cn2on1c2=O. The minimum Gasteiger partial charge on any atom is -0.274 e. The Morgan fingerprint density at radius 1 is 1.50 bits per heavy atom. The molecule has 0 N–H and O–H groups in total. The predicted molar refractivity (Wildman–Crippen MR) is 21.6 cm³/mol. The fourth-order valence-corrected chi connectivity index (χ4v) is 0.673. The number of rotatable bonds is 0. The first-order valence-corrected chi connectivity index (χ1v) is 2.11. The van der Waals surface area contributed by atoms with Gasteiger partial charge in [-0.3, -0.25) is 9.42 Å². The molecule has 0 saturated carbocycles. The van der Waals surface area contributed by atoms with Crippen molar-refractivity contribution in [1.29, 1.82) is 0 Å². The van der Waals surface area contributed by atoms with Crippen molar-refractivity contribution in [2.45, 2.75) is 6.54 Å². The van der Waals surface area contributed by atoms with Crippen molar-refractivity contribution in [2.24, 2.45) is 0 Å². The molecule has 3 heterocycles. The van der Waals surface area contributed by atoms with E-state index in [4.69, 9.17) is 0 Å². The van der Waals surface area contributed by atoms with Gasteiger partial charge in [0.2, 0.25) is 0 Å². The fraction of sp³-hybridized carbons (Fsp3) is 0.333. The minimum atomic E-state index is -0.352. The molecule has 0 fully saturated rings. The van der Waals surface area contributed by atoms with Gasteiger partial charge in [0, 0.05) is 0 Å². The van der Waals surface area contributed by atoms with Crippen LogP contribution in [-0.2, 0) is 6.54 Å². The van der Waals surface area contributed by atoms with Gasteiger partial charge >= 0.3 is 5.69 Å². The second kappa shape index (κ2) is 0.795. The zero-order chi connectivity index (χ0) is 5.72. The van der Waals surface area contributed by atoms with Crippen LogP contribution in [0.4, 0.5) is 0 Å². The summed E-state index contributed by atoms with van der Waals surface area (Å²) in [6, 6.07) is 0. The molecular weight excluding hydrogens is 112 g/mol. The summed E-state index contributed by atoms with van der Waals surface area (Å²) >= 11 is 0. The molecule has 0 unspecified atom stereocenters. The number of fused-ring (bicyclic) bond motifs is 1. The molecule has 2 bridgehead atoms. The molecule has 5 nitrogen and oxygen atoms in total. The molecule has 2 aliphatic heterocycles. The number of carbonyl (C=O) groups is 1. The van der Waals surface area contributed by atoms with Gasteiger partial charge in [-0.1, -0.05) is 4.74 Å². The molecule has 0 aliphatic carbocycles. The van der Waals surface area contributed by atoms with E-state index in [-0.39, 0.29) is 18.1 Å². The van der Waals surface area contributed by atoms with Gasteiger partial charge in [-0.15, -0.1) is 4.74 Å². The smallest absolute Gasteiger partial charge is 0.274 e. The topological polar surface area (TPSA) is 57.1 Å². The van der Waals surface area contributed by atoms with E-state index >= 15 is 0 Å². The largest absolute Gasteiger partial charge is 0.398 e. The predicted octanol–water partition coefficient (Wildman–Crippen LogP) is -1.10. The minimum absolute atomic E-state index is 0.0822. The van der Waals surface area contributed by atoms with Crippen LogP contribution in [0.15, 0.2) is 9.42 Å². The zero-order valence-corrected chi connectivity index (χ0v) is 3.83. The van der Waals surface area contributed by atoms with E-state index in [9.17, 15) is 9.59 Å². The van der Waals surface area contributed by atoms with Crippen molar-refractivity contribution in [3.05, 3.63) is 10.5 Å². The number of carbonyl (C=O) groups excluding carboxylic acids is 1. The highest BCUT2D eigenvalue weighted by molar-refractivity contribution is 5.78. The van der Waals surface area contributed by atoms with E-state index in [0.717, 1.165) is 9.48 Å². The third-order valence-electron chi connectivity index (χ3n) is 1.07. The van der Waals surface area contributed by atoms with Gasteiger partial charge in [-0.05, 0) is 0 Å². The van der Waals surface area contributed by atoms with E-state index < -0.39 is 0 Å². The first-order chi connectivity index (χ1) is 3.79. The van der Waals surface area contributed by atoms with Crippen LogP contribution in [0.1, 0.15) is 4.79 Å². The Morgan fingerprint density at radius 2 is 2.25 bits per heavy atom. The number of hydrogen-bond donors (Lipinski definition) is 0. The van der Waals surface area contributed by atoms with E-state index in [1.54, 1.807) is 0 Å². The Kier molecular flexibility index (Phi) is 0.368. The van der Waals surface area contributed by atoms with Crippen LogP contribution in [0.5, 0.6) is 0 Å². The van der Waals surface area contributed by atoms with Gasteiger partial charge in [-0.25, -0.2) is 4.79 Å². The molecule has 3 rings (SSSR count). The normalized spacial score (nSPS) is 15.8. The lowest BCUT2D eigenvalue weighted by molar-refractivity contribution is 0.0687. The molecule has 0 aromatic carbocycles. The summed E-state index contributed by atoms with van der Waals surface area (Å²) in [4.78, 5) is 20.7. The van der Waals surface area contributed by atoms with Crippen molar-refractivity contribution in [1.82, 2.24) is 9.48 Å². The lowest BCUT2D eigenvalue weighted by atomic mass is 10.7. The van der Waals surface area contributed by atoms with Crippen molar-refractivity contribution < 1.29 is 9.42 Å². The summed E-state index contributed by atoms with van der Waals surface area (Å²) in [6.45, 7) is 0.0822. The molecule has 0 amide bonds. The molecule has 0 atom stereocenters. The second-order valence-corrected chi connectivity index (χ2v) is 1.59. The van der Waals surface area contributed by atoms with Crippen LogP contribution < -0.4 is 5.69 Å². The summed E-state index contributed by atoms with van der Waals surface area (Å²) in [6.07, 6.45) is 0. The summed E-state index contributed by atoms with van der Waals surface area (Å²) in [5.74, 6) is -0.282. The van der Waals surface area contributed by atoms with Gasteiger partial charge in [0.15, 0.2) is 0 Å². The van der Waals surface area contributed by atoms with Crippen LogP contribution >= 0.6 is 0 Å². The average Bonchev–Trinajstić information content (AvgIpc) is 2.19. The third kappa shape index (κ3) is 0.189. The lowest BCUT2D eigenvalue weighted by Gasteiger charge is -1.91. The first-order valence-electron chi connectivity index (χ1n) is 2.11. The standard InChI is InChI=1S/C3H2N2O3/c6-2-1-4-3(7)5(2)8-4/h1H2. The highest BCUT2D eigenvalue weighted by Gasteiger charge is 2.28. The lowest BCUT2D eigenvalue weighted by Crippen LogP contribution is -2.28. The Bertz CT molecular complexity index is 288. The first kappa shape index (κ1) is 3.71. The molecule has 1 aromatic heterocycles. The number of nitrogens with zero attached hydrogens (tertiary/aromatic N) is 2. The summed E-state index contributed by atoms with van der Waals surface area (Å²) < 4.78 is 6.18. The monoisotopic (exact) mass is 114 g/mol. The summed E-state index contributed by atoms with van der Waals surface area (Å²) in [5.41, 5.74) is -0.352. The van der Waals surface area contributed by atoms with Crippen LogP contribution in [0.2, 0.25) is 0 Å². The van der Waals surface area contributed by atoms with Crippen molar-refractivity contribution in [2.75, 3.05) is 0 Å². The summed E-state index contributed by atoms with van der Waals surface area (Å²) in [5, 5.41) is 0. The molecule has 0 saturated heterocycles. The van der Waals surface area contributed by atoms with Crippen LogP contribution in [0.25, 0.3) is 0 Å². The summed E-state index contributed by atoms with van der Waals surface area (Å²) in [7, 11) is 0. The van der Waals surface area contributed by atoms with E-state index in [1.807, 2.05) is 0 Å². The van der Waals surface area contributed by atoms with Crippen LogP contribution in [-0.4, -0.2) is 15.4 Å². The quantitative estimate of drug-likeness (QED) is 0.430. The van der Waals surface area contributed by atoms with Crippen LogP contribution in [0, 0.1) is 0 Å². The van der Waals surface area contributed by atoms with Crippen molar-refractivity contribution in [3.63, 3.8) is 0 Å². The maximum Gasteiger partial charge on any atom is 0.398 e.